The summed E-state index contributed by atoms with van der Waals surface area (Å²) in [6.07, 6.45) is 7.39. The second-order valence-electron chi connectivity index (χ2n) is 5.83. The molecule has 7 heteroatoms. The minimum absolute atomic E-state index is 0.407. The van der Waals surface area contributed by atoms with Gasteiger partial charge in [0.1, 0.15) is 0 Å². The quantitative estimate of drug-likeness (QED) is 0.727. The van der Waals surface area contributed by atoms with Crippen LogP contribution >= 0.6 is 0 Å². The molecule has 1 aliphatic heterocycles. The number of fused-ring (bicyclic) bond motifs is 1. The Balaban J connectivity index is 1.78. The molecular weight excluding hydrogens is 294 g/mol. The Kier molecular flexibility index (Phi) is 3.34. The van der Waals surface area contributed by atoms with Crippen molar-refractivity contribution in [3.63, 3.8) is 0 Å². The molecule has 0 unspecified atom stereocenters. The van der Waals surface area contributed by atoms with Crippen LogP contribution in [0.4, 0.5) is 0 Å². The average molecular weight is 311 g/mol. The van der Waals surface area contributed by atoms with Gasteiger partial charge in [-0.05, 0) is 43.5 Å². The zero-order valence-corrected chi connectivity index (χ0v) is 12.5. The maximum Gasteiger partial charge on any atom is 0.333 e. The van der Waals surface area contributed by atoms with Crippen molar-refractivity contribution in [2.75, 3.05) is 13.1 Å². The van der Waals surface area contributed by atoms with Crippen LogP contribution in [-0.4, -0.2) is 32.3 Å². The van der Waals surface area contributed by atoms with E-state index in [1.165, 1.54) is 22.4 Å². The van der Waals surface area contributed by atoms with Gasteiger partial charge in [0, 0.05) is 18.5 Å². The smallest absolute Gasteiger partial charge is 0.317 e. The Morgan fingerprint density at radius 1 is 1.13 bits per heavy atom. The van der Waals surface area contributed by atoms with Gasteiger partial charge < -0.3 is 5.32 Å². The van der Waals surface area contributed by atoms with Crippen molar-refractivity contribution in [3.05, 3.63) is 63.2 Å². The van der Waals surface area contributed by atoms with Crippen LogP contribution in [0.5, 0.6) is 0 Å². The molecule has 1 fully saturated rings. The first kappa shape index (κ1) is 14.0. The predicted molar refractivity (Wildman–Crippen MR) is 86.3 cm³/mol. The Morgan fingerprint density at radius 3 is 2.74 bits per heavy atom. The number of pyridine rings is 1. The minimum Gasteiger partial charge on any atom is -0.317 e. The molecule has 0 aromatic carbocycles. The normalized spacial score (nSPS) is 16.0. The van der Waals surface area contributed by atoms with Crippen molar-refractivity contribution in [3.8, 4) is 5.69 Å². The zero-order chi connectivity index (χ0) is 15.8. The molecule has 118 valence electrons. The highest BCUT2D eigenvalue weighted by molar-refractivity contribution is 5.63. The van der Waals surface area contributed by atoms with Gasteiger partial charge in [-0.1, -0.05) is 6.07 Å². The number of aromatic amines is 1. The van der Waals surface area contributed by atoms with E-state index in [9.17, 15) is 9.59 Å². The monoisotopic (exact) mass is 311 g/mol. The molecule has 0 radical (unpaired) electrons. The topological polar surface area (TPSA) is 84.2 Å². The third-order valence-electron chi connectivity index (χ3n) is 4.41. The first-order valence-corrected chi connectivity index (χ1v) is 7.73. The molecule has 0 amide bonds. The number of hydrogen-bond donors (Lipinski definition) is 2. The fourth-order valence-corrected chi connectivity index (χ4v) is 3.18. The third-order valence-corrected chi connectivity index (χ3v) is 4.41. The number of hydrogen-bond acceptors (Lipinski definition) is 4. The van der Waals surface area contributed by atoms with Gasteiger partial charge in [0.05, 0.1) is 17.4 Å². The Bertz CT molecular complexity index is 962. The van der Waals surface area contributed by atoms with Gasteiger partial charge in [0.25, 0.3) is 5.56 Å². The number of aromatic nitrogens is 4. The third kappa shape index (κ3) is 2.49. The lowest BCUT2D eigenvalue weighted by atomic mass is 9.91. The van der Waals surface area contributed by atoms with Crippen LogP contribution in [0, 0.1) is 0 Å². The van der Waals surface area contributed by atoms with Crippen molar-refractivity contribution in [2.45, 2.75) is 18.8 Å². The molecule has 0 bridgehead atoms. The van der Waals surface area contributed by atoms with Crippen LogP contribution in [0.1, 0.15) is 24.3 Å². The number of H-pyrrole nitrogens is 1. The number of rotatable bonds is 2. The maximum atomic E-state index is 12.0. The fraction of sp³-hybridized carbons (Fsp3) is 0.312. The van der Waals surface area contributed by atoms with Gasteiger partial charge in [0.2, 0.25) is 0 Å². The molecule has 4 rings (SSSR count). The van der Waals surface area contributed by atoms with Crippen molar-refractivity contribution >= 4 is 5.52 Å². The van der Waals surface area contributed by atoms with Crippen LogP contribution in [0.25, 0.3) is 11.2 Å². The van der Waals surface area contributed by atoms with Crippen molar-refractivity contribution < 1.29 is 0 Å². The van der Waals surface area contributed by atoms with E-state index in [0.29, 0.717) is 11.6 Å². The van der Waals surface area contributed by atoms with E-state index in [1.54, 1.807) is 10.7 Å². The zero-order valence-electron chi connectivity index (χ0n) is 12.5. The van der Waals surface area contributed by atoms with Crippen LogP contribution in [0.15, 0.2) is 46.4 Å². The summed E-state index contributed by atoms with van der Waals surface area (Å²) < 4.78 is 3.19. The molecule has 3 aromatic rings. The lowest BCUT2D eigenvalue weighted by Crippen LogP contribution is -2.27. The second kappa shape index (κ2) is 5.51. The lowest BCUT2D eigenvalue weighted by Gasteiger charge is -2.22. The minimum atomic E-state index is -0.463. The van der Waals surface area contributed by atoms with Gasteiger partial charge in [-0.15, -0.1) is 0 Å². The molecule has 1 aliphatic rings. The molecule has 0 saturated carbocycles. The number of nitrogens with zero attached hydrogens (tertiary/aromatic N) is 3. The molecule has 1 saturated heterocycles. The molecule has 0 spiro atoms. The summed E-state index contributed by atoms with van der Waals surface area (Å²) in [5.74, 6) is 0.545. The van der Waals surface area contributed by atoms with Gasteiger partial charge in [-0.3, -0.25) is 14.3 Å². The van der Waals surface area contributed by atoms with E-state index in [-0.39, 0.29) is 0 Å². The van der Waals surface area contributed by atoms with E-state index in [1.807, 2.05) is 12.3 Å². The summed E-state index contributed by atoms with van der Waals surface area (Å²) in [5, 5.41) is 7.73. The largest absolute Gasteiger partial charge is 0.333 e. The molecule has 2 N–H and O–H groups in total. The Hall–Kier alpha value is -2.67. The maximum absolute atomic E-state index is 12.0. The highest BCUT2D eigenvalue weighted by Crippen LogP contribution is 2.26. The Labute approximate surface area is 131 Å². The lowest BCUT2D eigenvalue weighted by molar-refractivity contribution is 0.459. The molecular formula is C16H17N5O2. The second-order valence-corrected chi connectivity index (χ2v) is 5.83. The van der Waals surface area contributed by atoms with Crippen LogP contribution in [-0.2, 0) is 0 Å². The van der Waals surface area contributed by atoms with E-state index >= 15 is 0 Å². The van der Waals surface area contributed by atoms with E-state index in [0.717, 1.165) is 31.4 Å². The summed E-state index contributed by atoms with van der Waals surface area (Å²) in [4.78, 5) is 25.4. The standard InChI is InChI=1S/C16H17N5O2/c22-15-5-8-20(16(23)19-15)14-9-18-21-10-12(1-2-13(14)21)11-3-6-17-7-4-11/h1-2,5,8-11,17H,3-4,6-7H2,(H,19,22,23). The van der Waals surface area contributed by atoms with Crippen molar-refractivity contribution in [2.24, 2.45) is 0 Å². The SMILES string of the molecule is O=c1ccn(-c2cnn3cc(C4CCNCC4)ccc23)c(=O)[nH]1. The summed E-state index contributed by atoms with van der Waals surface area (Å²) in [7, 11) is 0. The van der Waals surface area contributed by atoms with Crippen molar-refractivity contribution in [1.82, 2.24) is 24.5 Å². The average Bonchev–Trinajstić information content (AvgIpc) is 2.99. The predicted octanol–water partition coefficient (Wildman–Crippen LogP) is 0.640. The summed E-state index contributed by atoms with van der Waals surface area (Å²) in [6, 6.07) is 5.42. The van der Waals surface area contributed by atoms with Gasteiger partial charge in [-0.25, -0.2) is 9.31 Å². The summed E-state index contributed by atoms with van der Waals surface area (Å²) in [6.45, 7) is 2.08. The summed E-state index contributed by atoms with van der Waals surface area (Å²) >= 11 is 0. The molecule has 4 heterocycles. The summed E-state index contributed by atoms with van der Waals surface area (Å²) in [5.41, 5.74) is 1.88. The van der Waals surface area contributed by atoms with E-state index < -0.39 is 11.2 Å². The molecule has 0 atom stereocenters. The highest BCUT2D eigenvalue weighted by Gasteiger charge is 2.16. The van der Waals surface area contributed by atoms with E-state index in [4.69, 9.17) is 0 Å². The fourth-order valence-electron chi connectivity index (χ4n) is 3.18. The van der Waals surface area contributed by atoms with E-state index in [2.05, 4.69) is 21.5 Å². The number of nitrogens with one attached hydrogen (secondary N) is 2. The van der Waals surface area contributed by atoms with Gasteiger partial charge in [0.15, 0.2) is 0 Å². The molecule has 0 aliphatic carbocycles. The van der Waals surface area contributed by atoms with Gasteiger partial charge in [-0.2, -0.15) is 5.10 Å². The van der Waals surface area contributed by atoms with Crippen LogP contribution < -0.4 is 16.6 Å². The molecule has 7 nitrogen and oxygen atoms in total. The first-order chi connectivity index (χ1) is 11.2. The van der Waals surface area contributed by atoms with Crippen LogP contribution in [0.2, 0.25) is 0 Å². The molecule has 23 heavy (non-hydrogen) atoms. The van der Waals surface area contributed by atoms with Gasteiger partial charge >= 0.3 is 5.69 Å². The highest BCUT2D eigenvalue weighted by atomic mass is 16.2. The Morgan fingerprint density at radius 2 is 1.96 bits per heavy atom. The molecule has 3 aromatic heterocycles. The van der Waals surface area contributed by atoms with Crippen LogP contribution in [0.3, 0.4) is 0 Å². The first-order valence-electron chi connectivity index (χ1n) is 7.73. The van der Waals surface area contributed by atoms with Crippen molar-refractivity contribution in [1.29, 1.82) is 0 Å². The number of piperidine rings is 1.